The molecular formula is C23H26N4O5S2. The number of hydrogen-bond acceptors (Lipinski definition) is 8. The summed E-state index contributed by atoms with van der Waals surface area (Å²) in [5.41, 5.74) is 1.66. The largest absolute Gasteiger partial charge is 0.497 e. The molecule has 0 spiro atoms. The van der Waals surface area contributed by atoms with Crippen molar-refractivity contribution < 1.29 is 22.7 Å². The molecule has 1 saturated heterocycles. The van der Waals surface area contributed by atoms with Crippen LogP contribution >= 0.6 is 11.3 Å². The molecule has 3 aromatic rings. The van der Waals surface area contributed by atoms with E-state index in [0.29, 0.717) is 36.8 Å². The first kappa shape index (κ1) is 24.0. The van der Waals surface area contributed by atoms with Crippen LogP contribution in [-0.4, -0.2) is 52.7 Å². The van der Waals surface area contributed by atoms with E-state index in [1.165, 1.54) is 29.7 Å². The number of rotatable bonds is 10. The number of aromatic nitrogens is 1. The molecule has 0 bridgehead atoms. The standard InChI is InChI=1S/C23H26N4O5S2/c1-31-18-5-8-21(32-2)16(15-18)9-11-24-20-10-13-27(22(20)28)17-3-6-19(7-4-17)34(29,30)26-23-25-12-14-33-23/h3-8,12,14-15,20,24H,9-11,13H2,1-2H3,(H,25,26)/t20-/m0/s1. The average Bonchev–Trinajstić information content (AvgIpc) is 3.48. The molecule has 9 nitrogen and oxygen atoms in total. The van der Waals surface area contributed by atoms with E-state index in [4.69, 9.17) is 9.47 Å². The third kappa shape index (κ3) is 5.32. The van der Waals surface area contributed by atoms with Gasteiger partial charge in [0, 0.05) is 30.4 Å². The van der Waals surface area contributed by atoms with Crippen LogP contribution in [0.3, 0.4) is 0 Å². The predicted octanol–water partition coefficient (Wildman–Crippen LogP) is 2.90. The smallest absolute Gasteiger partial charge is 0.263 e. The molecule has 11 heteroatoms. The van der Waals surface area contributed by atoms with E-state index in [9.17, 15) is 13.2 Å². The fraction of sp³-hybridized carbons (Fsp3) is 0.304. The molecule has 1 atom stereocenters. The van der Waals surface area contributed by atoms with Gasteiger partial charge in [-0.1, -0.05) is 0 Å². The number of nitrogens with one attached hydrogen (secondary N) is 2. The number of methoxy groups -OCH3 is 2. The van der Waals surface area contributed by atoms with Crippen LogP contribution < -0.4 is 24.4 Å². The molecule has 4 rings (SSSR count). The second kappa shape index (κ2) is 10.4. The quantitative estimate of drug-likeness (QED) is 0.439. The third-order valence-electron chi connectivity index (χ3n) is 5.59. The Morgan fingerprint density at radius 2 is 1.94 bits per heavy atom. The van der Waals surface area contributed by atoms with Crippen LogP contribution in [0.25, 0.3) is 0 Å². The highest BCUT2D eigenvalue weighted by atomic mass is 32.2. The van der Waals surface area contributed by atoms with Crippen molar-refractivity contribution in [1.29, 1.82) is 0 Å². The number of sulfonamides is 1. The maximum absolute atomic E-state index is 12.9. The van der Waals surface area contributed by atoms with Gasteiger partial charge in [0.1, 0.15) is 11.5 Å². The number of nitrogens with zero attached hydrogens (tertiary/aromatic N) is 2. The van der Waals surface area contributed by atoms with Gasteiger partial charge in [-0.15, -0.1) is 11.3 Å². The zero-order chi connectivity index (χ0) is 24.1. The lowest BCUT2D eigenvalue weighted by Crippen LogP contribution is -2.39. The van der Waals surface area contributed by atoms with Gasteiger partial charge in [0.15, 0.2) is 5.13 Å². The van der Waals surface area contributed by atoms with Crippen molar-refractivity contribution in [2.45, 2.75) is 23.8 Å². The van der Waals surface area contributed by atoms with Crippen molar-refractivity contribution in [3.63, 3.8) is 0 Å². The molecule has 0 saturated carbocycles. The Bertz CT molecular complexity index is 1230. The van der Waals surface area contributed by atoms with Gasteiger partial charge < -0.3 is 19.7 Å². The number of hydrogen-bond donors (Lipinski definition) is 2. The summed E-state index contributed by atoms with van der Waals surface area (Å²) in [6.07, 6.45) is 2.88. The van der Waals surface area contributed by atoms with E-state index in [0.717, 1.165) is 17.1 Å². The van der Waals surface area contributed by atoms with Crippen molar-refractivity contribution in [3.05, 3.63) is 59.6 Å². The zero-order valence-electron chi connectivity index (χ0n) is 18.9. The fourth-order valence-electron chi connectivity index (χ4n) is 3.84. The van der Waals surface area contributed by atoms with Crippen molar-refractivity contribution in [3.8, 4) is 11.5 Å². The Kier molecular flexibility index (Phi) is 7.35. The summed E-state index contributed by atoms with van der Waals surface area (Å²) in [7, 11) is -0.486. The second-order valence-electron chi connectivity index (χ2n) is 7.65. The Labute approximate surface area is 202 Å². The first-order chi connectivity index (χ1) is 16.4. The predicted molar refractivity (Wildman–Crippen MR) is 131 cm³/mol. The van der Waals surface area contributed by atoms with Crippen molar-refractivity contribution >= 4 is 38.1 Å². The van der Waals surface area contributed by atoms with Crippen LogP contribution in [0.2, 0.25) is 0 Å². The van der Waals surface area contributed by atoms with Crippen LogP contribution in [0.15, 0.2) is 58.9 Å². The number of amides is 1. The number of benzene rings is 2. The Hall–Kier alpha value is -3.15. The summed E-state index contributed by atoms with van der Waals surface area (Å²) in [4.78, 5) is 18.7. The lowest BCUT2D eigenvalue weighted by Gasteiger charge is -2.18. The summed E-state index contributed by atoms with van der Waals surface area (Å²) in [5, 5.41) is 5.33. The van der Waals surface area contributed by atoms with Gasteiger partial charge in [0.05, 0.1) is 25.2 Å². The highest BCUT2D eigenvalue weighted by Crippen LogP contribution is 2.26. The molecule has 34 heavy (non-hydrogen) atoms. The van der Waals surface area contributed by atoms with Crippen LogP contribution in [0.1, 0.15) is 12.0 Å². The average molecular weight is 503 g/mol. The molecule has 1 aromatic heterocycles. The molecule has 1 aliphatic rings. The minimum Gasteiger partial charge on any atom is -0.497 e. The van der Waals surface area contributed by atoms with E-state index < -0.39 is 10.0 Å². The van der Waals surface area contributed by atoms with E-state index in [1.807, 2.05) is 18.2 Å². The normalized spacial score (nSPS) is 16.0. The van der Waals surface area contributed by atoms with Gasteiger partial charge in [-0.2, -0.15) is 0 Å². The summed E-state index contributed by atoms with van der Waals surface area (Å²) < 4.78 is 38.2. The van der Waals surface area contributed by atoms with Gasteiger partial charge in [0.2, 0.25) is 5.91 Å². The highest BCUT2D eigenvalue weighted by Gasteiger charge is 2.32. The lowest BCUT2D eigenvalue weighted by molar-refractivity contribution is -0.118. The Balaban J connectivity index is 1.35. The van der Waals surface area contributed by atoms with E-state index in [2.05, 4.69) is 15.0 Å². The molecule has 1 aliphatic heterocycles. The van der Waals surface area contributed by atoms with Gasteiger partial charge in [-0.05, 0) is 60.9 Å². The SMILES string of the molecule is COc1ccc(OC)c(CCN[C@H]2CCN(c3ccc(S(=O)(=O)Nc4nccs4)cc3)C2=O)c1. The van der Waals surface area contributed by atoms with Crippen LogP contribution in [0.5, 0.6) is 11.5 Å². The first-order valence-electron chi connectivity index (χ1n) is 10.7. The summed E-state index contributed by atoms with van der Waals surface area (Å²) in [6.45, 7) is 1.16. The topological polar surface area (TPSA) is 110 Å². The van der Waals surface area contributed by atoms with Gasteiger partial charge in [-0.25, -0.2) is 13.4 Å². The molecule has 2 aromatic carbocycles. The molecule has 2 N–H and O–H groups in total. The maximum atomic E-state index is 12.9. The van der Waals surface area contributed by atoms with Gasteiger partial charge in [0.25, 0.3) is 10.0 Å². The Morgan fingerprint density at radius 1 is 1.15 bits per heavy atom. The number of carbonyl (C=O) groups excluding carboxylic acids is 1. The summed E-state index contributed by atoms with van der Waals surface area (Å²) in [6, 6.07) is 11.6. The van der Waals surface area contributed by atoms with Crippen LogP contribution in [0.4, 0.5) is 10.8 Å². The van der Waals surface area contributed by atoms with Gasteiger partial charge >= 0.3 is 0 Å². The molecule has 1 amide bonds. The van der Waals surface area contributed by atoms with Crippen molar-refractivity contribution in [1.82, 2.24) is 10.3 Å². The molecular weight excluding hydrogens is 476 g/mol. The highest BCUT2D eigenvalue weighted by molar-refractivity contribution is 7.93. The minimum absolute atomic E-state index is 0.0332. The third-order valence-corrected chi connectivity index (χ3v) is 7.76. The monoisotopic (exact) mass is 502 g/mol. The number of ether oxygens (including phenoxy) is 2. The fourth-order valence-corrected chi connectivity index (χ4v) is 5.63. The number of carbonyl (C=O) groups is 1. The van der Waals surface area contributed by atoms with Gasteiger partial charge in [-0.3, -0.25) is 9.52 Å². The molecule has 1 fully saturated rings. The van der Waals surface area contributed by atoms with Crippen LogP contribution in [-0.2, 0) is 21.2 Å². The zero-order valence-corrected chi connectivity index (χ0v) is 20.5. The first-order valence-corrected chi connectivity index (χ1v) is 13.1. The van der Waals surface area contributed by atoms with E-state index in [1.54, 1.807) is 36.6 Å². The molecule has 0 aliphatic carbocycles. The molecule has 0 unspecified atom stereocenters. The molecule has 2 heterocycles. The van der Waals surface area contributed by atoms with Crippen molar-refractivity contribution in [2.24, 2.45) is 0 Å². The molecule has 180 valence electrons. The second-order valence-corrected chi connectivity index (χ2v) is 10.2. The van der Waals surface area contributed by atoms with E-state index >= 15 is 0 Å². The number of anilines is 2. The van der Waals surface area contributed by atoms with E-state index in [-0.39, 0.29) is 16.8 Å². The van der Waals surface area contributed by atoms with Crippen molar-refractivity contribution in [2.75, 3.05) is 36.9 Å². The minimum atomic E-state index is -3.73. The Morgan fingerprint density at radius 3 is 2.62 bits per heavy atom. The summed E-state index contributed by atoms with van der Waals surface area (Å²) >= 11 is 1.20. The summed E-state index contributed by atoms with van der Waals surface area (Å²) in [5.74, 6) is 1.50. The van der Waals surface area contributed by atoms with Crippen LogP contribution in [0, 0.1) is 0 Å². The lowest BCUT2D eigenvalue weighted by atomic mass is 10.1. The maximum Gasteiger partial charge on any atom is 0.263 e. The number of thiazole rings is 1. The molecule has 0 radical (unpaired) electrons.